The van der Waals surface area contributed by atoms with Crippen LogP contribution in [0.25, 0.3) is 0 Å². The summed E-state index contributed by atoms with van der Waals surface area (Å²) in [5, 5.41) is 3.19. The lowest BCUT2D eigenvalue weighted by molar-refractivity contribution is 0.0939. The Labute approximate surface area is 159 Å². The number of sulfonamides is 1. The van der Waals surface area contributed by atoms with E-state index in [0.717, 1.165) is 17.5 Å². The predicted octanol–water partition coefficient (Wildman–Crippen LogP) is 4.29. The van der Waals surface area contributed by atoms with Crippen molar-refractivity contribution in [3.8, 4) is 0 Å². The first-order valence-electron chi connectivity index (χ1n) is 8.34. The molecule has 2 aromatic carbocycles. The quantitative estimate of drug-likeness (QED) is 0.767. The van der Waals surface area contributed by atoms with Crippen LogP contribution in [-0.4, -0.2) is 20.4 Å². The molecule has 1 unspecified atom stereocenters. The summed E-state index contributed by atoms with van der Waals surface area (Å²) in [5.74, 6) is -0.228. The highest BCUT2D eigenvalue weighted by atomic mass is 35.5. The first-order valence-corrected chi connectivity index (χ1v) is 10.2. The fourth-order valence-electron chi connectivity index (χ4n) is 2.43. The number of hydrogen-bond donors (Lipinski definition) is 2. The van der Waals surface area contributed by atoms with Crippen LogP contribution in [0.15, 0.2) is 41.3 Å². The number of nitrogens with one attached hydrogen (secondary N) is 2. The number of benzene rings is 2. The molecule has 2 N–H and O–H groups in total. The van der Waals surface area contributed by atoms with Crippen LogP contribution < -0.4 is 10.0 Å². The minimum Gasteiger partial charge on any atom is -0.350 e. The van der Waals surface area contributed by atoms with Crippen molar-refractivity contribution in [1.82, 2.24) is 5.32 Å². The average molecular weight is 395 g/mol. The zero-order valence-electron chi connectivity index (χ0n) is 15.3. The van der Waals surface area contributed by atoms with Gasteiger partial charge in [-0.15, -0.1) is 0 Å². The first-order chi connectivity index (χ1) is 12.1. The molecule has 26 heavy (non-hydrogen) atoms. The molecule has 0 aliphatic carbocycles. The van der Waals surface area contributed by atoms with Gasteiger partial charge in [-0.1, -0.05) is 24.6 Å². The third-order valence-electron chi connectivity index (χ3n) is 4.08. The van der Waals surface area contributed by atoms with Gasteiger partial charge in [-0.3, -0.25) is 9.52 Å². The number of anilines is 1. The van der Waals surface area contributed by atoms with Crippen molar-refractivity contribution in [1.29, 1.82) is 0 Å². The summed E-state index contributed by atoms with van der Waals surface area (Å²) < 4.78 is 27.8. The fourth-order valence-corrected chi connectivity index (χ4v) is 4.01. The van der Waals surface area contributed by atoms with Gasteiger partial charge in [0.15, 0.2) is 0 Å². The second kappa shape index (κ2) is 8.10. The van der Waals surface area contributed by atoms with E-state index >= 15 is 0 Å². The molecule has 7 heteroatoms. The van der Waals surface area contributed by atoms with Crippen LogP contribution in [0.2, 0.25) is 5.02 Å². The van der Waals surface area contributed by atoms with Gasteiger partial charge in [0.1, 0.15) is 0 Å². The van der Waals surface area contributed by atoms with Gasteiger partial charge in [0.25, 0.3) is 15.9 Å². The van der Waals surface area contributed by atoms with Crippen molar-refractivity contribution in [2.75, 3.05) is 4.72 Å². The Morgan fingerprint density at radius 3 is 2.31 bits per heavy atom. The van der Waals surface area contributed by atoms with Gasteiger partial charge in [-0.05, 0) is 68.7 Å². The molecular weight excluding hydrogens is 372 g/mol. The van der Waals surface area contributed by atoms with E-state index in [1.807, 2.05) is 26.8 Å². The average Bonchev–Trinajstić information content (AvgIpc) is 2.58. The lowest BCUT2D eigenvalue weighted by Crippen LogP contribution is -2.31. The number of amides is 1. The molecule has 0 aliphatic heterocycles. The van der Waals surface area contributed by atoms with E-state index in [9.17, 15) is 13.2 Å². The largest absolute Gasteiger partial charge is 0.350 e. The number of carbonyl (C=O) groups is 1. The molecule has 0 heterocycles. The maximum atomic E-state index is 12.6. The van der Waals surface area contributed by atoms with Gasteiger partial charge in [-0.2, -0.15) is 0 Å². The van der Waals surface area contributed by atoms with Crippen molar-refractivity contribution < 1.29 is 13.2 Å². The molecule has 1 amide bonds. The smallest absolute Gasteiger partial charge is 0.261 e. The molecule has 0 saturated carbocycles. The third-order valence-corrected chi connectivity index (χ3v) is 5.75. The molecule has 5 nitrogen and oxygen atoms in total. The van der Waals surface area contributed by atoms with E-state index in [1.165, 1.54) is 24.3 Å². The molecule has 1 atom stereocenters. The van der Waals surface area contributed by atoms with Gasteiger partial charge in [-0.25, -0.2) is 8.42 Å². The highest BCUT2D eigenvalue weighted by Crippen LogP contribution is 2.29. The van der Waals surface area contributed by atoms with Crippen LogP contribution in [-0.2, 0) is 10.0 Å². The summed E-state index contributed by atoms with van der Waals surface area (Å²) in [6, 6.07) is 9.42. The molecule has 0 aliphatic rings. The molecule has 0 aromatic heterocycles. The van der Waals surface area contributed by atoms with E-state index in [-0.39, 0.29) is 16.8 Å². The van der Waals surface area contributed by atoms with E-state index in [4.69, 9.17) is 11.6 Å². The van der Waals surface area contributed by atoms with Crippen LogP contribution in [0, 0.1) is 13.8 Å². The lowest BCUT2D eigenvalue weighted by atomic mass is 10.1. The van der Waals surface area contributed by atoms with E-state index in [1.54, 1.807) is 13.0 Å². The molecule has 0 bridgehead atoms. The monoisotopic (exact) mass is 394 g/mol. The van der Waals surface area contributed by atoms with Crippen LogP contribution in [0.5, 0.6) is 0 Å². The Hall–Kier alpha value is -2.05. The fraction of sp³-hybridized carbons (Fsp3) is 0.316. The SMILES string of the molecule is CCC(C)NC(=O)c1ccc(S(=O)(=O)Nc2c(C)cc(C)cc2Cl)cc1. The number of aryl methyl sites for hydroxylation is 2. The zero-order valence-corrected chi connectivity index (χ0v) is 16.8. The van der Waals surface area contributed by atoms with Gasteiger partial charge in [0.05, 0.1) is 15.6 Å². The minimum absolute atomic E-state index is 0.0548. The summed E-state index contributed by atoms with van der Waals surface area (Å²) in [4.78, 5) is 12.2. The maximum absolute atomic E-state index is 12.6. The van der Waals surface area contributed by atoms with Crippen LogP contribution in [0.1, 0.15) is 41.8 Å². The van der Waals surface area contributed by atoms with Crippen LogP contribution in [0.3, 0.4) is 0 Å². The molecule has 0 saturated heterocycles. The van der Waals surface area contributed by atoms with E-state index in [0.29, 0.717) is 16.3 Å². The topological polar surface area (TPSA) is 75.3 Å². The minimum atomic E-state index is -3.81. The summed E-state index contributed by atoms with van der Waals surface area (Å²) in [6.07, 6.45) is 0.818. The van der Waals surface area contributed by atoms with Crippen LogP contribution >= 0.6 is 11.6 Å². The summed E-state index contributed by atoms with van der Waals surface area (Å²) >= 11 is 6.18. The maximum Gasteiger partial charge on any atom is 0.261 e. The molecule has 0 fully saturated rings. The van der Waals surface area contributed by atoms with Crippen molar-refractivity contribution >= 4 is 33.2 Å². The molecule has 0 radical (unpaired) electrons. The summed E-state index contributed by atoms with van der Waals surface area (Å²) in [6.45, 7) is 7.57. The number of halogens is 1. The number of carbonyl (C=O) groups excluding carboxylic acids is 1. The molecular formula is C19H23ClN2O3S. The Bertz CT molecular complexity index is 886. The molecule has 0 spiro atoms. The Morgan fingerprint density at radius 1 is 1.15 bits per heavy atom. The Kier molecular flexibility index (Phi) is 6.31. The normalized spacial score (nSPS) is 12.5. The second-order valence-corrected chi connectivity index (χ2v) is 8.44. The van der Waals surface area contributed by atoms with Crippen molar-refractivity contribution in [2.45, 2.75) is 45.1 Å². The van der Waals surface area contributed by atoms with Crippen molar-refractivity contribution in [3.05, 3.63) is 58.1 Å². The number of hydrogen-bond acceptors (Lipinski definition) is 3. The molecule has 140 valence electrons. The van der Waals surface area contributed by atoms with Gasteiger partial charge >= 0.3 is 0 Å². The van der Waals surface area contributed by atoms with Crippen molar-refractivity contribution in [2.24, 2.45) is 0 Å². The standard InChI is InChI=1S/C19H23ClN2O3S/c1-5-14(4)21-19(23)15-6-8-16(9-7-15)26(24,25)22-18-13(3)10-12(2)11-17(18)20/h6-11,14,22H,5H2,1-4H3,(H,21,23). The lowest BCUT2D eigenvalue weighted by Gasteiger charge is -2.14. The van der Waals surface area contributed by atoms with E-state index < -0.39 is 10.0 Å². The molecule has 2 rings (SSSR count). The van der Waals surface area contributed by atoms with Gasteiger partial charge in [0.2, 0.25) is 0 Å². The summed E-state index contributed by atoms with van der Waals surface area (Å²) in [5.41, 5.74) is 2.46. The van der Waals surface area contributed by atoms with Crippen LogP contribution in [0.4, 0.5) is 5.69 Å². The Balaban J connectivity index is 2.24. The molecule has 2 aromatic rings. The third kappa shape index (κ3) is 4.77. The van der Waals surface area contributed by atoms with E-state index in [2.05, 4.69) is 10.0 Å². The zero-order chi connectivity index (χ0) is 19.5. The summed E-state index contributed by atoms with van der Waals surface area (Å²) in [7, 11) is -3.81. The second-order valence-electron chi connectivity index (χ2n) is 6.35. The predicted molar refractivity (Wildman–Crippen MR) is 105 cm³/mol. The van der Waals surface area contributed by atoms with Crippen molar-refractivity contribution in [3.63, 3.8) is 0 Å². The van der Waals surface area contributed by atoms with Gasteiger partial charge in [0, 0.05) is 11.6 Å². The Morgan fingerprint density at radius 2 is 1.77 bits per heavy atom. The highest BCUT2D eigenvalue weighted by molar-refractivity contribution is 7.92. The highest BCUT2D eigenvalue weighted by Gasteiger charge is 2.18. The number of rotatable bonds is 6. The van der Waals surface area contributed by atoms with Gasteiger partial charge < -0.3 is 5.32 Å². The first kappa shape index (κ1) is 20.3.